The lowest BCUT2D eigenvalue weighted by Crippen LogP contribution is -2.52. The molecule has 0 aliphatic carbocycles. The number of nitrogens with one attached hydrogen (secondary N) is 3. The van der Waals surface area contributed by atoms with Gasteiger partial charge in [0.1, 0.15) is 28.7 Å². The number of hydrogen-bond donors (Lipinski definition) is 4. The van der Waals surface area contributed by atoms with Gasteiger partial charge in [-0.25, -0.2) is 14.2 Å². The zero-order valence-electron chi connectivity index (χ0n) is 36.4. The van der Waals surface area contributed by atoms with Gasteiger partial charge in [-0.05, 0) is 86.7 Å². The molecule has 1 unspecified atom stereocenters. The quantitative estimate of drug-likeness (QED) is 0.0622. The minimum atomic E-state index is -0.646. The summed E-state index contributed by atoms with van der Waals surface area (Å²) >= 11 is 6.92. The normalized spacial score (nSPS) is 16.7. The van der Waals surface area contributed by atoms with Crippen LogP contribution >= 0.6 is 11.6 Å². The zero-order valence-corrected chi connectivity index (χ0v) is 37.2. The van der Waals surface area contributed by atoms with Crippen LogP contribution in [0.15, 0.2) is 60.7 Å². The number of imide groups is 1. The molecule has 2 fully saturated rings. The Labute approximate surface area is 376 Å². The number of aromatic hydroxyl groups is 1. The molecule has 1 aromatic heterocycles. The molecule has 5 aromatic rings. The van der Waals surface area contributed by atoms with E-state index in [2.05, 4.69) is 16.0 Å². The Bertz CT molecular complexity index is 2610. The van der Waals surface area contributed by atoms with Gasteiger partial charge in [-0.15, -0.1) is 0 Å². The van der Waals surface area contributed by atoms with Crippen molar-refractivity contribution in [3.05, 3.63) is 82.6 Å². The van der Waals surface area contributed by atoms with Gasteiger partial charge in [-0.3, -0.25) is 19.7 Å². The smallest absolute Gasteiger partial charge is 0.410 e. The molecule has 0 bridgehead atoms. The zero-order chi connectivity index (χ0) is 45.1. The highest BCUT2D eigenvalue weighted by Crippen LogP contribution is 2.42. The minimum absolute atomic E-state index is 0.00933. The molecular formula is C48H54ClFN8O6. The number of halogens is 2. The molecule has 4 N–H and O–H groups in total. The number of amides is 4. The number of aromatic nitrogens is 2. The fourth-order valence-electron chi connectivity index (χ4n) is 8.81. The molecule has 64 heavy (non-hydrogen) atoms. The highest BCUT2D eigenvalue weighted by molar-refractivity contribution is 6.35. The maximum Gasteiger partial charge on any atom is 0.410 e. The second kappa shape index (κ2) is 18.9. The maximum atomic E-state index is 17.0. The summed E-state index contributed by atoms with van der Waals surface area (Å²) in [5.74, 6) is -0.743. The van der Waals surface area contributed by atoms with Crippen molar-refractivity contribution in [2.45, 2.75) is 90.3 Å². The summed E-state index contributed by atoms with van der Waals surface area (Å²) in [6.07, 6.45) is 6.02. The molecule has 3 aliphatic heterocycles. The average molecular weight is 893 g/mol. The van der Waals surface area contributed by atoms with E-state index in [0.717, 1.165) is 67.1 Å². The van der Waals surface area contributed by atoms with Crippen LogP contribution in [0, 0.1) is 5.82 Å². The fraction of sp³-hybridized carbons (Fsp3) is 0.417. The van der Waals surface area contributed by atoms with Crippen LogP contribution in [0.3, 0.4) is 0 Å². The predicted octanol–water partition coefficient (Wildman–Crippen LogP) is 8.63. The fourth-order valence-corrected chi connectivity index (χ4v) is 9.10. The number of unbranched alkanes of at least 4 members (excludes halogenated alkanes) is 5. The highest BCUT2D eigenvalue weighted by Gasteiger charge is 2.40. The lowest BCUT2D eigenvalue weighted by Gasteiger charge is -2.36. The molecule has 4 heterocycles. The Kier molecular flexibility index (Phi) is 13.1. The molecule has 2 saturated heterocycles. The van der Waals surface area contributed by atoms with Gasteiger partial charge in [-0.1, -0.05) is 67.6 Å². The Morgan fingerprint density at radius 2 is 1.61 bits per heavy atom. The predicted molar refractivity (Wildman–Crippen MR) is 246 cm³/mol. The number of carbonyl (C=O) groups excluding carboxylic acids is 4. The van der Waals surface area contributed by atoms with Gasteiger partial charge in [0.25, 0.3) is 5.91 Å². The number of phenolic OH excluding ortho intramolecular Hbond substituents is 1. The van der Waals surface area contributed by atoms with Crippen molar-refractivity contribution in [3.63, 3.8) is 0 Å². The van der Waals surface area contributed by atoms with Crippen LogP contribution in [-0.2, 0) is 20.9 Å². The summed E-state index contributed by atoms with van der Waals surface area (Å²) in [4.78, 5) is 65.0. The number of piperazine rings is 1. The first-order valence-corrected chi connectivity index (χ1v) is 22.5. The summed E-state index contributed by atoms with van der Waals surface area (Å²) in [5, 5.41) is 21.9. The van der Waals surface area contributed by atoms with E-state index < -0.39 is 23.4 Å². The van der Waals surface area contributed by atoms with Crippen LogP contribution in [-0.4, -0.2) is 99.6 Å². The van der Waals surface area contributed by atoms with Crippen molar-refractivity contribution in [1.29, 1.82) is 0 Å². The van der Waals surface area contributed by atoms with E-state index in [0.29, 0.717) is 68.0 Å². The lowest BCUT2D eigenvalue weighted by atomic mass is 9.96. The summed E-state index contributed by atoms with van der Waals surface area (Å²) in [7, 11) is 0. The van der Waals surface area contributed by atoms with Gasteiger partial charge in [0.05, 0.1) is 5.02 Å². The summed E-state index contributed by atoms with van der Waals surface area (Å²) in [5.41, 5.74) is 2.43. The van der Waals surface area contributed by atoms with E-state index in [1.54, 1.807) is 28.0 Å². The molecule has 0 spiro atoms. The van der Waals surface area contributed by atoms with Gasteiger partial charge in [-0.2, -0.15) is 4.98 Å². The number of benzene rings is 4. The van der Waals surface area contributed by atoms with Crippen LogP contribution < -0.4 is 20.9 Å². The Hall–Kier alpha value is -6.22. The van der Waals surface area contributed by atoms with Crippen molar-refractivity contribution in [2.24, 2.45) is 0 Å². The number of phenols is 1. The first-order chi connectivity index (χ1) is 30.8. The molecule has 1 atom stereocenters. The third-order valence-electron chi connectivity index (χ3n) is 12.0. The number of anilines is 3. The number of hydrogen-bond acceptors (Lipinski definition) is 11. The van der Waals surface area contributed by atoms with Crippen LogP contribution in [0.2, 0.25) is 5.02 Å². The topological polar surface area (TPSA) is 169 Å². The van der Waals surface area contributed by atoms with Gasteiger partial charge in [0.15, 0.2) is 5.82 Å². The van der Waals surface area contributed by atoms with Crippen LogP contribution in [0.4, 0.5) is 26.6 Å². The van der Waals surface area contributed by atoms with Gasteiger partial charge in [0.2, 0.25) is 17.8 Å². The van der Waals surface area contributed by atoms with Crippen molar-refractivity contribution in [1.82, 2.24) is 25.1 Å². The maximum absolute atomic E-state index is 17.0. The molecule has 336 valence electrons. The van der Waals surface area contributed by atoms with Crippen molar-refractivity contribution >= 4 is 74.5 Å². The van der Waals surface area contributed by atoms with Crippen LogP contribution in [0.25, 0.3) is 32.8 Å². The standard InChI is InChI=1S/C48H54ClFN8O6/c1-48(2,3)64-47(63)57-23-21-56(22-24-57)43-34-27-36(49)40(33-26-30(59)25-29-13-8-9-14-31(29)33)41(50)42(34)54-46(55-43)52-20-11-7-5-4-6-10-19-51-37-16-12-15-32-35(37)28-58(45(32)62)38-17-18-39(60)53-44(38)61/h8-9,12-16,25-27,38,51,59H,4-7,10-11,17-24,28H2,1-3H3,(H,52,54,55)(H,53,60,61). The van der Waals surface area contributed by atoms with Crippen molar-refractivity contribution in [3.8, 4) is 16.9 Å². The largest absolute Gasteiger partial charge is 0.508 e. The number of carbonyl (C=O) groups is 4. The Morgan fingerprint density at radius 1 is 0.891 bits per heavy atom. The molecular weight excluding hydrogens is 839 g/mol. The molecule has 0 radical (unpaired) electrons. The van der Waals surface area contributed by atoms with Crippen LogP contribution in [0.1, 0.15) is 88.1 Å². The summed E-state index contributed by atoms with van der Waals surface area (Å²) < 4.78 is 22.6. The van der Waals surface area contributed by atoms with E-state index in [1.807, 2.05) is 62.1 Å². The first-order valence-electron chi connectivity index (χ1n) is 22.1. The van der Waals surface area contributed by atoms with Gasteiger partial charge in [0, 0.05) is 80.0 Å². The van der Waals surface area contributed by atoms with E-state index >= 15 is 4.39 Å². The second-order valence-corrected chi connectivity index (χ2v) is 18.1. The Morgan fingerprint density at radius 3 is 2.34 bits per heavy atom. The molecule has 0 saturated carbocycles. The number of fused-ring (bicyclic) bond motifs is 3. The summed E-state index contributed by atoms with van der Waals surface area (Å²) in [6.45, 7) is 8.81. The van der Waals surface area contributed by atoms with Gasteiger partial charge >= 0.3 is 6.09 Å². The van der Waals surface area contributed by atoms with E-state index in [-0.39, 0.29) is 52.1 Å². The van der Waals surface area contributed by atoms with Crippen molar-refractivity contribution < 1.29 is 33.4 Å². The molecule has 16 heteroatoms. The number of ether oxygens (including phenoxy) is 1. The SMILES string of the molecule is CC(C)(C)OC(=O)N1CCN(c2nc(NCCCCCCCCNc3cccc4c3CN(C3CCC(=O)NC3=O)C4=O)nc3c(F)c(-c4cc(O)cc5ccccc45)c(Cl)cc23)CC1. The molecule has 3 aliphatic rings. The monoisotopic (exact) mass is 892 g/mol. The van der Waals surface area contributed by atoms with Gasteiger partial charge < -0.3 is 35.2 Å². The van der Waals surface area contributed by atoms with Crippen LogP contribution in [0.5, 0.6) is 5.75 Å². The molecule has 4 aromatic carbocycles. The van der Waals surface area contributed by atoms with Crippen molar-refractivity contribution in [2.75, 3.05) is 54.8 Å². The second-order valence-electron chi connectivity index (χ2n) is 17.7. The Balaban J connectivity index is 0.885. The minimum Gasteiger partial charge on any atom is -0.508 e. The van der Waals surface area contributed by atoms with E-state index in [9.17, 15) is 24.3 Å². The summed E-state index contributed by atoms with van der Waals surface area (Å²) in [6, 6.07) is 17.2. The van der Waals surface area contributed by atoms with E-state index in [1.165, 1.54) is 6.07 Å². The molecule has 4 amide bonds. The first kappa shape index (κ1) is 44.4. The lowest BCUT2D eigenvalue weighted by molar-refractivity contribution is -0.136. The average Bonchev–Trinajstić information content (AvgIpc) is 3.59. The molecule has 8 rings (SSSR count). The van der Waals surface area contributed by atoms with E-state index in [4.69, 9.17) is 26.3 Å². The third kappa shape index (κ3) is 9.64. The third-order valence-corrected chi connectivity index (χ3v) is 12.3. The molecule has 14 nitrogen and oxygen atoms in total. The number of piperidine rings is 1. The highest BCUT2D eigenvalue weighted by atomic mass is 35.5. The number of rotatable bonds is 14. The number of nitrogens with zero attached hydrogens (tertiary/aromatic N) is 5.